The van der Waals surface area contributed by atoms with Crippen molar-refractivity contribution >= 4 is 21.6 Å². The molecule has 0 saturated carbocycles. The highest BCUT2D eigenvalue weighted by molar-refractivity contribution is 9.10. The van der Waals surface area contributed by atoms with Gasteiger partial charge in [-0.2, -0.15) is 0 Å². The monoisotopic (exact) mass is 284 g/mol. The molecule has 0 aliphatic carbocycles. The van der Waals surface area contributed by atoms with Crippen LogP contribution in [0, 0.1) is 5.82 Å². The number of anilines is 1. The van der Waals surface area contributed by atoms with Gasteiger partial charge < -0.3 is 9.88 Å². The van der Waals surface area contributed by atoms with Crippen molar-refractivity contribution < 1.29 is 4.39 Å². The molecule has 0 radical (unpaired) electrons. The minimum atomic E-state index is -0.295. The van der Waals surface area contributed by atoms with E-state index in [4.69, 9.17) is 0 Å². The summed E-state index contributed by atoms with van der Waals surface area (Å²) in [4.78, 5) is 0. The summed E-state index contributed by atoms with van der Waals surface area (Å²) < 4.78 is 15.9. The molecule has 0 fully saturated rings. The standard InChI is InChI=1S/C10H10BrFN4/c1-16-6-14-15-10(16)5-13-9-3-2-7(11)4-8(9)12/h2-4,6,13H,5H2,1H3. The third-order valence-corrected chi connectivity index (χ3v) is 2.67. The lowest BCUT2D eigenvalue weighted by Crippen LogP contribution is -2.06. The largest absolute Gasteiger partial charge is 0.375 e. The van der Waals surface area contributed by atoms with Crippen LogP contribution in [0.15, 0.2) is 29.0 Å². The highest BCUT2D eigenvalue weighted by Gasteiger charge is 2.04. The quantitative estimate of drug-likeness (QED) is 0.941. The molecule has 16 heavy (non-hydrogen) atoms. The summed E-state index contributed by atoms with van der Waals surface area (Å²) in [6.07, 6.45) is 1.61. The normalized spacial score (nSPS) is 10.4. The fourth-order valence-electron chi connectivity index (χ4n) is 1.27. The first-order chi connectivity index (χ1) is 7.66. The van der Waals surface area contributed by atoms with E-state index in [0.717, 1.165) is 5.82 Å². The molecule has 1 aromatic carbocycles. The predicted octanol–water partition coefficient (Wildman–Crippen LogP) is 2.33. The van der Waals surface area contributed by atoms with Crippen LogP contribution >= 0.6 is 15.9 Å². The minimum Gasteiger partial charge on any atom is -0.375 e. The number of aromatic nitrogens is 3. The van der Waals surface area contributed by atoms with E-state index in [-0.39, 0.29) is 5.82 Å². The Bertz CT molecular complexity index is 497. The Balaban J connectivity index is 2.08. The number of halogens is 2. The zero-order valence-electron chi connectivity index (χ0n) is 8.61. The van der Waals surface area contributed by atoms with E-state index in [0.29, 0.717) is 16.7 Å². The minimum absolute atomic E-state index is 0.295. The van der Waals surface area contributed by atoms with Crippen LogP contribution in [-0.4, -0.2) is 14.8 Å². The van der Waals surface area contributed by atoms with E-state index in [2.05, 4.69) is 31.4 Å². The second kappa shape index (κ2) is 4.61. The maximum absolute atomic E-state index is 13.4. The van der Waals surface area contributed by atoms with Gasteiger partial charge in [0.05, 0.1) is 12.2 Å². The Morgan fingerprint density at radius 3 is 2.94 bits per heavy atom. The second-order valence-corrected chi connectivity index (χ2v) is 4.25. The lowest BCUT2D eigenvalue weighted by Gasteiger charge is -2.06. The van der Waals surface area contributed by atoms with Crippen LogP contribution < -0.4 is 5.32 Å². The number of aryl methyl sites for hydroxylation is 1. The van der Waals surface area contributed by atoms with Crippen molar-refractivity contribution in [3.8, 4) is 0 Å². The van der Waals surface area contributed by atoms with Gasteiger partial charge in [0.15, 0.2) is 5.82 Å². The topological polar surface area (TPSA) is 42.7 Å². The van der Waals surface area contributed by atoms with Crippen molar-refractivity contribution in [3.63, 3.8) is 0 Å². The molecule has 0 atom stereocenters. The van der Waals surface area contributed by atoms with Crippen molar-refractivity contribution in [2.24, 2.45) is 7.05 Å². The Morgan fingerprint density at radius 2 is 2.31 bits per heavy atom. The van der Waals surface area contributed by atoms with Gasteiger partial charge in [0.2, 0.25) is 0 Å². The summed E-state index contributed by atoms with van der Waals surface area (Å²) in [5.74, 6) is 0.457. The van der Waals surface area contributed by atoms with Gasteiger partial charge in [-0.15, -0.1) is 10.2 Å². The molecule has 1 N–H and O–H groups in total. The first-order valence-electron chi connectivity index (χ1n) is 4.68. The van der Waals surface area contributed by atoms with Crippen molar-refractivity contribution in [1.82, 2.24) is 14.8 Å². The van der Waals surface area contributed by atoms with Gasteiger partial charge in [-0.1, -0.05) is 15.9 Å². The lowest BCUT2D eigenvalue weighted by atomic mass is 10.3. The smallest absolute Gasteiger partial charge is 0.151 e. The van der Waals surface area contributed by atoms with Gasteiger partial charge in [0, 0.05) is 11.5 Å². The predicted molar refractivity (Wildman–Crippen MR) is 62.4 cm³/mol. The van der Waals surface area contributed by atoms with Crippen LogP contribution in [-0.2, 0) is 13.6 Å². The number of hydrogen-bond acceptors (Lipinski definition) is 3. The Kier molecular flexibility index (Phi) is 3.19. The molecule has 0 amide bonds. The van der Waals surface area contributed by atoms with Crippen molar-refractivity contribution in [3.05, 3.63) is 40.6 Å². The fourth-order valence-corrected chi connectivity index (χ4v) is 1.61. The average Bonchev–Trinajstić information content (AvgIpc) is 2.63. The van der Waals surface area contributed by atoms with Crippen molar-refractivity contribution in [1.29, 1.82) is 0 Å². The molecule has 6 heteroatoms. The third kappa shape index (κ3) is 2.38. The number of benzene rings is 1. The van der Waals surface area contributed by atoms with Gasteiger partial charge in [0.1, 0.15) is 12.1 Å². The van der Waals surface area contributed by atoms with E-state index in [1.807, 2.05) is 7.05 Å². The molecule has 0 aliphatic heterocycles. The Morgan fingerprint density at radius 1 is 1.50 bits per heavy atom. The maximum Gasteiger partial charge on any atom is 0.151 e. The molecular weight excluding hydrogens is 275 g/mol. The molecule has 1 aromatic heterocycles. The number of hydrogen-bond donors (Lipinski definition) is 1. The van der Waals surface area contributed by atoms with Crippen molar-refractivity contribution in [2.75, 3.05) is 5.32 Å². The van der Waals surface area contributed by atoms with Crippen LogP contribution in [0.2, 0.25) is 0 Å². The molecule has 0 aliphatic rings. The molecule has 0 saturated heterocycles. The van der Waals surface area contributed by atoms with E-state index in [1.165, 1.54) is 6.07 Å². The molecule has 2 rings (SSSR count). The zero-order chi connectivity index (χ0) is 11.5. The number of nitrogens with one attached hydrogen (secondary N) is 1. The molecule has 0 unspecified atom stereocenters. The zero-order valence-corrected chi connectivity index (χ0v) is 10.2. The fraction of sp³-hybridized carbons (Fsp3) is 0.200. The molecular formula is C10H10BrFN4. The Hall–Kier alpha value is -1.43. The van der Waals surface area contributed by atoms with E-state index in [9.17, 15) is 4.39 Å². The van der Waals surface area contributed by atoms with E-state index < -0.39 is 0 Å². The van der Waals surface area contributed by atoms with Gasteiger partial charge >= 0.3 is 0 Å². The molecule has 4 nitrogen and oxygen atoms in total. The molecule has 84 valence electrons. The third-order valence-electron chi connectivity index (χ3n) is 2.17. The summed E-state index contributed by atoms with van der Waals surface area (Å²) in [6.45, 7) is 0.440. The van der Waals surface area contributed by atoms with Crippen LogP contribution in [0.1, 0.15) is 5.82 Å². The summed E-state index contributed by atoms with van der Waals surface area (Å²) in [5.41, 5.74) is 0.450. The van der Waals surface area contributed by atoms with Gasteiger partial charge in [-0.3, -0.25) is 0 Å². The molecule has 2 aromatic rings. The first-order valence-corrected chi connectivity index (χ1v) is 5.48. The molecule has 0 bridgehead atoms. The maximum atomic E-state index is 13.4. The van der Waals surface area contributed by atoms with Gasteiger partial charge in [-0.25, -0.2) is 4.39 Å². The highest BCUT2D eigenvalue weighted by atomic mass is 79.9. The number of rotatable bonds is 3. The Labute approximate surface area is 101 Å². The summed E-state index contributed by atoms with van der Waals surface area (Å²) in [5, 5.41) is 10.6. The van der Waals surface area contributed by atoms with Crippen molar-refractivity contribution in [2.45, 2.75) is 6.54 Å². The lowest BCUT2D eigenvalue weighted by molar-refractivity contribution is 0.628. The van der Waals surface area contributed by atoms with Crippen LogP contribution in [0.5, 0.6) is 0 Å². The van der Waals surface area contributed by atoms with Crippen LogP contribution in [0.4, 0.5) is 10.1 Å². The molecule has 1 heterocycles. The van der Waals surface area contributed by atoms with Crippen LogP contribution in [0.25, 0.3) is 0 Å². The summed E-state index contributed by atoms with van der Waals surface area (Å²) in [6, 6.07) is 4.87. The molecule has 0 spiro atoms. The summed E-state index contributed by atoms with van der Waals surface area (Å²) >= 11 is 3.20. The average molecular weight is 285 g/mol. The SMILES string of the molecule is Cn1cnnc1CNc1ccc(Br)cc1F. The first kappa shape index (κ1) is 11.1. The van der Waals surface area contributed by atoms with Gasteiger partial charge in [-0.05, 0) is 18.2 Å². The van der Waals surface area contributed by atoms with E-state index >= 15 is 0 Å². The highest BCUT2D eigenvalue weighted by Crippen LogP contribution is 2.19. The van der Waals surface area contributed by atoms with E-state index in [1.54, 1.807) is 23.0 Å². The van der Waals surface area contributed by atoms with Gasteiger partial charge in [0.25, 0.3) is 0 Å². The number of nitrogens with zero attached hydrogens (tertiary/aromatic N) is 3. The second-order valence-electron chi connectivity index (χ2n) is 3.34. The van der Waals surface area contributed by atoms with Crippen LogP contribution in [0.3, 0.4) is 0 Å². The summed E-state index contributed by atoms with van der Waals surface area (Å²) in [7, 11) is 1.84.